The van der Waals surface area contributed by atoms with Gasteiger partial charge in [-0.15, -0.1) is 11.3 Å². The number of pyridine rings is 1. The molecule has 1 fully saturated rings. The van der Waals surface area contributed by atoms with Gasteiger partial charge in [-0.05, 0) is 55.5 Å². The molecule has 1 aliphatic rings. The number of rotatable bonds is 3. The number of hydrogen-bond acceptors (Lipinski definition) is 4. The number of fused-ring (bicyclic) bond motifs is 2. The van der Waals surface area contributed by atoms with E-state index in [2.05, 4.69) is 59.5 Å². The van der Waals surface area contributed by atoms with Crippen LogP contribution in [-0.2, 0) is 0 Å². The molecular formula is C21H25N5S. The molecule has 6 heteroatoms. The summed E-state index contributed by atoms with van der Waals surface area (Å²) in [5, 5.41) is 7.89. The highest BCUT2D eigenvalue weighted by atomic mass is 32.1. The number of nitrogens with one attached hydrogen (secondary N) is 2. The molecule has 5 heterocycles. The molecule has 1 saturated heterocycles. The Bertz CT molecular complexity index is 1110. The number of thiophene rings is 1. The van der Waals surface area contributed by atoms with Crippen LogP contribution in [0.1, 0.15) is 54.5 Å². The van der Waals surface area contributed by atoms with Crippen LogP contribution >= 0.6 is 11.3 Å². The van der Waals surface area contributed by atoms with Crippen LogP contribution in [0.25, 0.3) is 27.1 Å². The Morgan fingerprint density at radius 1 is 1.30 bits per heavy atom. The van der Waals surface area contributed by atoms with Crippen LogP contribution in [0.15, 0.2) is 24.7 Å². The van der Waals surface area contributed by atoms with E-state index in [1.165, 1.54) is 44.8 Å². The third kappa shape index (κ3) is 2.78. The zero-order chi connectivity index (χ0) is 18.5. The number of aromatic nitrogens is 4. The van der Waals surface area contributed by atoms with E-state index in [4.69, 9.17) is 0 Å². The van der Waals surface area contributed by atoms with Crippen molar-refractivity contribution in [3.63, 3.8) is 0 Å². The van der Waals surface area contributed by atoms with Gasteiger partial charge in [-0.1, -0.05) is 13.8 Å². The molecule has 0 aliphatic carbocycles. The second-order valence-corrected chi connectivity index (χ2v) is 9.03. The van der Waals surface area contributed by atoms with Crippen LogP contribution in [0.3, 0.4) is 0 Å². The predicted octanol–water partition coefficient (Wildman–Crippen LogP) is 4.84. The van der Waals surface area contributed by atoms with E-state index in [1.54, 1.807) is 6.33 Å². The van der Waals surface area contributed by atoms with Gasteiger partial charge in [0, 0.05) is 29.1 Å². The second-order valence-electron chi connectivity index (χ2n) is 7.94. The Morgan fingerprint density at radius 3 is 2.96 bits per heavy atom. The van der Waals surface area contributed by atoms with Crippen molar-refractivity contribution in [3.05, 3.63) is 40.7 Å². The van der Waals surface area contributed by atoms with Crippen LogP contribution in [0.2, 0.25) is 0 Å². The zero-order valence-corrected chi connectivity index (χ0v) is 16.9. The second kappa shape index (κ2) is 6.46. The fourth-order valence-electron chi connectivity index (χ4n) is 4.32. The maximum Gasteiger partial charge on any atom is 0.158 e. The molecule has 0 radical (unpaired) electrons. The Morgan fingerprint density at radius 2 is 2.19 bits per heavy atom. The predicted molar refractivity (Wildman–Crippen MR) is 112 cm³/mol. The average molecular weight is 380 g/mol. The first kappa shape index (κ1) is 17.0. The molecule has 0 aromatic carbocycles. The van der Waals surface area contributed by atoms with Gasteiger partial charge >= 0.3 is 0 Å². The third-order valence-electron chi connectivity index (χ3n) is 5.65. The minimum Gasteiger partial charge on any atom is -0.354 e. The van der Waals surface area contributed by atoms with Gasteiger partial charge in [0.25, 0.3) is 0 Å². The van der Waals surface area contributed by atoms with Crippen LogP contribution in [-0.4, -0.2) is 32.7 Å². The SMILES string of the molecule is Cc1cc(-c2[nH]c3cc(C4CCCNC4)sc3c2C(C)C)cn2ncnc12. The van der Waals surface area contributed by atoms with E-state index in [0.717, 1.165) is 24.3 Å². The average Bonchev–Trinajstić information content (AvgIpc) is 3.35. The molecule has 27 heavy (non-hydrogen) atoms. The number of nitrogens with zero attached hydrogens (tertiary/aromatic N) is 3. The summed E-state index contributed by atoms with van der Waals surface area (Å²) >= 11 is 1.98. The molecule has 0 bridgehead atoms. The maximum absolute atomic E-state index is 4.34. The number of aromatic amines is 1. The fraction of sp³-hybridized carbons (Fsp3) is 0.429. The van der Waals surface area contributed by atoms with Gasteiger partial charge in [-0.3, -0.25) is 0 Å². The van der Waals surface area contributed by atoms with Crippen LogP contribution in [0.4, 0.5) is 0 Å². The summed E-state index contributed by atoms with van der Waals surface area (Å²) in [6.07, 6.45) is 6.27. The van der Waals surface area contributed by atoms with Crippen molar-refractivity contribution in [1.29, 1.82) is 0 Å². The summed E-state index contributed by atoms with van der Waals surface area (Å²) in [4.78, 5) is 9.59. The number of hydrogen-bond donors (Lipinski definition) is 2. The van der Waals surface area contributed by atoms with Crippen molar-refractivity contribution in [3.8, 4) is 11.3 Å². The molecule has 2 N–H and O–H groups in total. The summed E-state index contributed by atoms with van der Waals surface area (Å²) in [6.45, 7) is 8.94. The first-order valence-electron chi connectivity index (χ1n) is 9.78. The van der Waals surface area contributed by atoms with Crippen molar-refractivity contribution in [2.24, 2.45) is 0 Å². The number of H-pyrrole nitrogens is 1. The van der Waals surface area contributed by atoms with Gasteiger partial charge in [0.1, 0.15) is 6.33 Å². The molecule has 1 aliphatic heterocycles. The van der Waals surface area contributed by atoms with Gasteiger partial charge in [0.2, 0.25) is 0 Å². The van der Waals surface area contributed by atoms with E-state index in [-0.39, 0.29) is 0 Å². The van der Waals surface area contributed by atoms with Crippen molar-refractivity contribution in [2.45, 2.75) is 45.4 Å². The summed E-state index contributed by atoms with van der Waals surface area (Å²) in [7, 11) is 0. The number of piperidine rings is 1. The van der Waals surface area contributed by atoms with Gasteiger partial charge < -0.3 is 10.3 Å². The Labute approximate surface area is 162 Å². The molecule has 5 nitrogen and oxygen atoms in total. The number of aryl methyl sites for hydroxylation is 1. The standard InChI is InChI=1S/C21H25N5S/c1-12(2)18-19(15-7-13(3)21-23-11-24-26(21)10-15)25-16-8-17(27-20(16)18)14-5-4-6-22-9-14/h7-8,10-12,14,22,25H,4-6,9H2,1-3H3. The topological polar surface area (TPSA) is 58.0 Å². The Hall–Kier alpha value is -2.18. The minimum atomic E-state index is 0.455. The van der Waals surface area contributed by atoms with Gasteiger partial charge in [0.05, 0.1) is 15.9 Å². The maximum atomic E-state index is 4.34. The molecule has 0 amide bonds. The van der Waals surface area contributed by atoms with E-state index < -0.39 is 0 Å². The van der Waals surface area contributed by atoms with Crippen molar-refractivity contribution >= 4 is 27.2 Å². The molecule has 0 spiro atoms. The lowest BCUT2D eigenvalue weighted by molar-refractivity contribution is 0.466. The monoisotopic (exact) mass is 379 g/mol. The minimum absolute atomic E-state index is 0.455. The lowest BCUT2D eigenvalue weighted by Crippen LogP contribution is -2.27. The smallest absolute Gasteiger partial charge is 0.158 e. The van der Waals surface area contributed by atoms with Crippen molar-refractivity contribution in [1.82, 2.24) is 24.9 Å². The molecular weight excluding hydrogens is 354 g/mol. The first-order chi connectivity index (χ1) is 13.1. The molecule has 140 valence electrons. The Balaban J connectivity index is 1.65. The van der Waals surface area contributed by atoms with E-state index in [9.17, 15) is 0 Å². The van der Waals surface area contributed by atoms with Crippen LogP contribution in [0, 0.1) is 6.92 Å². The Kier molecular flexibility index (Phi) is 4.06. The zero-order valence-electron chi connectivity index (χ0n) is 16.0. The van der Waals surface area contributed by atoms with Gasteiger partial charge in [-0.25, -0.2) is 9.50 Å². The molecule has 5 rings (SSSR count). The van der Waals surface area contributed by atoms with E-state index in [0.29, 0.717) is 11.8 Å². The normalized spacial score (nSPS) is 18.1. The highest BCUT2D eigenvalue weighted by Gasteiger charge is 2.23. The molecule has 1 atom stereocenters. The molecule has 1 unspecified atom stereocenters. The molecule has 4 aromatic heterocycles. The van der Waals surface area contributed by atoms with E-state index >= 15 is 0 Å². The quantitative estimate of drug-likeness (QED) is 0.536. The lowest BCUT2D eigenvalue weighted by atomic mass is 9.98. The van der Waals surface area contributed by atoms with Crippen molar-refractivity contribution in [2.75, 3.05) is 13.1 Å². The largest absolute Gasteiger partial charge is 0.354 e. The van der Waals surface area contributed by atoms with Gasteiger partial charge in [0.15, 0.2) is 5.65 Å². The van der Waals surface area contributed by atoms with Gasteiger partial charge in [-0.2, -0.15) is 5.10 Å². The summed E-state index contributed by atoms with van der Waals surface area (Å²) in [6, 6.07) is 4.60. The molecule has 4 aromatic rings. The van der Waals surface area contributed by atoms with Crippen molar-refractivity contribution < 1.29 is 0 Å². The highest BCUT2D eigenvalue weighted by molar-refractivity contribution is 7.19. The first-order valence-corrected chi connectivity index (χ1v) is 10.6. The van der Waals surface area contributed by atoms with E-state index in [1.807, 2.05) is 15.9 Å². The highest BCUT2D eigenvalue weighted by Crippen LogP contribution is 2.42. The van der Waals surface area contributed by atoms with Crippen LogP contribution in [0.5, 0.6) is 0 Å². The summed E-state index contributed by atoms with van der Waals surface area (Å²) in [5.41, 5.74) is 7.16. The summed E-state index contributed by atoms with van der Waals surface area (Å²) < 4.78 is 3.29. The molecule has 0 saturated carbocycles. The van der Waals surface area contributed by atoms with Crippen LogP contribution < -0.4 is 5.32 Å². The lowest BCUT2D eigenvalue weighted by Gasteiger charge is -2.21. The fourth-order valence-corrected chi connectivity index (χ4v) is 5.77. The summed E-state index contributed by atoms with van der Waals surface area (Å²) in [5.74, 6) is 1.11. The third-order valence-corrected chi connectivity index (χ3v) is 6.98.